The van der Waals surface area contributed by atoms with Crippen LogP contribution in [0.25, 0.3) is 0 Å². The topological polar surface area (TPSA) is 70.2 Å². The van der Waals surface area contributed by atoms with E-state index in [-0.39, 0.29) is 24.7 Å². The van der Waals surface area contributed by atoms with Gasteiger partial charge in [0.1, 0.15) is 5.82 Å². The molecule has 3 N–H and O–H groups in total. The summed E-state index contributed by atoms with van der Waals surface area (Å²) in [6.45, 7) is 1.46. The van der Waals surface area contributed by atoms with Crippen LogP contribution in [-0.4, -0.2) is 24.9 Å². The van der Waals surface area contributed by atoms with Crippen LogP contribution in [0.2, 0.25) is 5.02 Å². The maximum absolute atomic E-state index is 13.4. The summed E-state index contributed by atoms with van der Waals surface area (Å²) in [5, 5.41) is 8.34. The van der Waals surface area contributed by atoms with Gasteiger partial charge in [-0.05, 0) is 36.8 Å². The zero-order valence-electron chi connectivity index (χ0n) is 13.0. The van der Waals surface area contributed by atoms with Gasteiger partial charge in [0, 0.05) is 10.7 Å². The van der Waals surface area contributed by atoms with Crippen molar-refractivity contribution < 1.29 is 14.0 Å². The summed E-state index contributed by atoms with van der Waals surface area (Å²) in [6, 6.07) is 11.2. The van der Waals surface area contributed by atoms with Crippen LogP contribution in [0.5, 0.6) is 0 Å². The Kier molecular flexibility index (Phi) is 6.14. The van der Waals surface area contributed by atoms with E-state index in [9.17, 15) is 14.0 Å². The number of benzene rings is 2. The Hall–Kier alpha value is -2.60. The maximum Gasteiger partial charge on any atom is 0.243 e. The molecule has 7 heteroatoms. The lowest BCUT2D eigenvalue weighted by molar-refractivity contribution is -0.122. The highest BCUT2D eigenvalue weighted by molar-refractivity contribution is 6.31. The first-order valence-corrected chi connectivity index (χ1v) is 7.65. The molecule has 0 saturated carbocycles. The number of hydrogen-bond acceptors (Lipinski definition) is 3. The number of carbonyl (C=O) groups is 2. The van der Waals surface area contributed by atoms with Crippen LogP contribution in [-0.2, 0) is 9.59 Å². The second-order valence-corrected chi connectivity index (χ2v) is 5.48. The largest absolute Gasteiger partial charge is 0.374 e. The van der Waals surface area contributed by atoms with E-state index in [0.717, 1.165) is 5.56 Å². The normalized spacial score (nSPS) is 10.1. The van der Waals surface area contributed by atoms with Crippen molar-refractivity contribution in [2.24, 2.45) is 0 Å². The number of hydrogen-bond donors (Lipinski definition) is 3. The fraction of sp³-hybridized carbons (Fsp3) is 0.176. The van der Waals surface area contributed by atoms with E-state index in [0.29, 0.717) is 10.7 Å². The number of anilines is 2. The highest BCUT2D eigenvalue weighted by Gasteiger charge is 2.09. The van der Waals surface area contributed by atoms with Crippen molar-refractivity contribution in [1.29, 1.82) is 0 Å². The molecule has 0 fully saturated rings. The second-order valence-electron chi connectivity index (χ2n) is 5.07. The predicted octanol–water partition coefficient (Wildman–Crippen LogP) is 2.95. The van der Waals surface area contributed by atoms with Crippen molar-refractivity contribution in [2.45, 2.75) is 6.92 Å². The lowest BCUT2D eigenvalue weighted by atomic mass is 10.2. The first-order chi connectivity index (χ1) is 11.5. The minimum atomic E-state index is -0.445. The highest BCUT2D eigenvalue weighted by atomic mass is 35.5. The van der Waals surface area contributed by atoms with Gasteiger partial charge in [0.05, 0.1) is 18.8 Å². The first-order valence-electron chi connectivity index (χ1n) is 7.27. The van der Waals surface area contributed by atoms with Crippen LogP contribution in [0.4, 0.5) is 15.8 Å². The maximum atomic E-state index is 13.4. The van der Waals surface area contributed by atoms with E-state index in [1.165, 1.54) is 12.1 Å². The Labute approximate surface area is 144 Å². The van der Waals surface area contributed by atoms with Crippen molar-refractivity contribution in [2.75, 3.05) is 23.7 Å². The molecule has 5 nitrogen and oxygen atoms in total. The molecule has 2 rings (SSSR count). The van der Waals surface area contributed by atoms with Crippen LogP contribution in [0.3, 0.4) is 0 Å². The number of nitrogens with one attached hydrogen (secondary N) is 3. The Balaban J connectivity index is 1.78. The van der Waals surface area contributed by atoms with Gasteiger partial charge in [0.15, 0.2) is 0 Å². The van der Waals surface area contributed by atoms with E-state index in [2.05, 4.69) is 16.0 Å². The van der Waals surface area contributed by atoms with Crippen molar-refractivity contribution in [3.63, 3.8) is 0 Å². The zero-order chi connectivity index (χ0) is 17.5. The minimum absolute atomic E-state index is 0.135. The molecule has 0 aromatic heterocycles. The molecule has 0 aliphatic carbocycles. The second kappa shape index (κ2) is 8.31. The van der Waals surface area contributed by atoms with E-state index in [1.807, 2.05) is 0 Å². The summed E-state index contributed by atoms with van der Waals surface area (Å²) in [7, 11) is 0. The van der Waals surface area contributed by atoms with Gasteiger partial charge >= 0.3 is 0 Å². The molecule has 0 saturated heterocycles. The van der Waals surface area contributed by atoms with Crippen molar-refractivity contribution >= 4 is 34.8 Å². The van der Waals surface area contributed by atoms with E-state index in [1.54, 1.807) is 37.3 Å². The third kappa shape index (κ3) is 4.96. The lowest BCUT2D eigenvalue weighted by Crippen LogP contribution is -2.36. The molecule has 24 heavy (non-hydrogen) atoms. The SMILES string of the molecule is Cc1c(Cl)cccc1NC(=O)CNC(=O)CNc1ccccc1F. The number of amides is 2. The van der Waals surface area contributed by atoms with Gasteiger partial charge < -0.3 is 16.0 Å². The summed E-state index contributed by atoms with van der Waals surface area (Å²) in [6.07, 6.45) is 0. The fourth-order valence-electron chi connectivity index (χ4n) is 1.96. The Morgan fingerprint density at radius 2 is 1.71 bits per heavy atom. The summed E-state index contributed by atoms with van der Waals surface area (Å²) < 4.78 is 13.4. The summed E-state index contributed by atoms with van der Waals surface area (Å²) in [5.41, 5.74) is 1.57. The molecule has 0 unspecified atom stereocenters. The third-order valence-electron chi connectivity index (χ3n) is 3.30. The Morgan fingerprint density at radius 1 is 1.00 bits per heavy atom. The monoisotopic (exact) mass is 349 g/mol. The van der Waals surface area contributed by atoms with Gasteiger partial charge in [-0.2, -0.15) is 0 Å². The van der Waals surface area contributed by atoms with Crippen molar-refractivity contribution in [3.8, 4) is 0 Å². The molecular formula is C17H17ClFN3O2. The molecule has 2 aromatic carbocycles. The molecular weight excluding hydrogens is 333 g/mol. The average Bonchev–Trinajstić information content (AvgIpc) is 2.56. The van der Waals surface area contributed by atoms with Crippen molar-refractivity contribution in [3.05, 3.63) is 58.9 Å². The average molecular weight is 350 g/mol. The number of halogens is 2. The molecule has 126 valence electrons. The first kappa shape index (κ1) is 17.7. The molecule has 0 bridgehead atoms. The van der Waals surface area contributed by atoms with Crippen LogP contribution in [0, 0.1) is 12.7 Å². The predicted molar refractivity (Wildman–Crippen MR) is 92.7 cm³/mol. The lowest BCUT2D eigenvalue weighted by Gasteiger charge is -2.11. The van der Waals surface area contributed by atoms with Gasteiger partial charge in [-0.25, -0.2) is 4.39 Å². The summed E-state index contributed by atoms with van der Waals surface area (Å²) >= 11 is 5.98. The minimum Gasteiger partial charge on any atom is -0.374 e. The number of para-hydroxylation sites is 1. The van der Waals surface area contributed by atoms with Crippen LogP contribution in [0.15, 0.2) is 42.5 Å². The van der Waals surface area contributed by atoms with E-state index < -0.39 is 11.7 Å². The zero-order valence-corrected chi connectivity index (χ0v) is 13.8. The quantitative estimate of drug-likeness (QED) is 0.751. The van der Waals surface area contributed by atoms with Crippen LogP contribution in [0.1, 0.15) is 5.56 Å². The van der Waals surface area contributed by atoms with Crippen LogP contribution < -0.4 is 16.0 Å². The Bertz CT molecular complexity index is 752. The Morgan fingerprint density at radius 3 is 2.46 bits per heavy atom. The standard InChI is InChI=1S/C17H17ClFN3O2/c1-11-12(18)5-4-8-14(11)22-17(24)10-21-16(23)9-20-15-7-3-2-6-13(15)19/h2-8,20H,9-10H2,1H3,(H,21,23)(H,22,24). The molecule has 0 spiro atoms. The third-order valence-corrected chi connectivity index (χ3v) is 3.71. The molecule has 0 heterocycles. The highest BCUT2D eigenvalue weighted by Crippen LogP contribution is 2.22. The van der Waals surface area contributed by atoms with Gasteiger partial charge in [-0.3, -0.25) is 9.59 Å². The van der Waals surface area contributed by atoms with Gasteiger partial charge in [0.2, 0.25) is 11.8 Å². The summed E-state index contributed by atoms with van der Waals surface area (Å²) in [5.74, 6) is -1.24. The molecule has 2 aromatic rings. The van der Waals surface area contributed by atoms with Gasteiger partial charge in [-0.1, -0.05) is 29.8 Å². The van der Waals surface area contributed by atoms with Crippen LogP contribution >= 0.6 is 11.6 Å². The molecule has 0 aliphatic rings. The van der Waals surface area contributed by atoms with E-state index >= 15 is 0 Å². The molecule has 0 atom stereocenters. The van der Waals surface area contributed by atoms with Gasteiger partial charge in [-0.15, -0.1) is 0 Å². The van der Waals surface area contributed by atoms with Crippen molar-refractivity contribution in [1.82, 2.24) is 5.32 Å². The summed E-state index contributed by atoms with van der Waals surface area (Å²) in [4.78, 5) is 23.6. The number of rotatable bonds is 6. The molecule has 2 amide bonds. The van der Waals surface area contributed by atoms with E-state index in [4.69, 9.17) is 11.6 Å². The molecule has 0 radical (unpaired) electrons. The molecule has 0 aliphatic heterocycles. The fourth-order valence-corrected chi connectivity index (χ4v) is 2.13. The number of carbonyl (C=O) groups excluding carboxylic acids is 2. The smallest absolute Gasteiger partial charge is 0.243 e. The van der Waals surface area contributed by atoms with Gasteiger partial charge in [0.25, 0.3) is 0 Å².